The highest BCUT2D eigenvalue weighted by atomic mass is 16.7. The zero-order chi connectivity index (χ0) is 19.9. The standard InChI is InChI=1S/C19H22N2O7/c1-20(11-17(22)21-6-8-25-9-7-21)18(23)12-26-19(24)5-3-14-2-4-15-16(10-14)28-13-27-15/h2-5,10H,6-9,11-13H2,1H3/b5-3+. The van der Waals surface area contributed by atoms with Crippen molar-refractivity contribution in [3.05, 3.63) is 29.8 Å². The highest BCUT2D eigenvalue weighted by Gasteiger charge is 2.21. The number of ether oxygens (including phenoxy) is 4. The predicted molar refractivity (Wildman–Crippen MR) is 97.6 cm³/mol. The molecular weight excluding hydrogens is 368 g/mol. The molecule has 28 heavy (non-hydrogen) atoms. The molecule has 1 aromatic carbocycles. The van der Waals surface area contributed by atoms with Crippen LogP contribution in [0.3, 0.4) is 0 Å². The third kappa shape index (κ3) is 5.23. The summed E-state index contributed by atoms with van der Waals surface area (Å²) in [6.45, 7) is 1.70. The van der Waals surface area contributed by atoms with E-state index in [1.807, 2.05) is 0 Å². The molecule has 0 unspecified atom stereocenters. The Morgan fingerprint density at radius 2 is 1.93 bits per heavy atom. The lowest BCUT2D eigenvalue weighted by Gasteiger charge is -2.28. The van der Waals surface area contributed by atoms with E-state index >= 15 is 0 Å². The molecule has 2 heterocycles. The number of amides is 2. The van der Waals surface area contributed by atoms with Gasteiger partial charge in [-0.1, -0.05) is 6.07 Å². The summed E-state index contributed by atoms with van der Waals surface area (Å²) in [5, 5.41) is 0. The van der Waals surface area contributed by atoms with Gasteiger partial charge in [-0.05, 0) is 23.8 Å². The van der Waals surface area contributed by atoms with Crippen molar-refractivity contribution in [2.45, 2.75) is 0 Å². The van der Waals surface area contributed by atoms with Crippen LogP contribution < -0.4 is 9.47 Å². The average molecular weight is 390 g/mol. The first-order chi connectivity index (χ1) is 13.5. The van der Waals surface area contributed by atoms with Crippen LogP contribution in [-0.2, 0) is 23.9 Å². The van der Waals surface area contributed by atoms with Gasteiger partial charge in [0.15, 0.2) is 18.1 Å². The Hall–Kier alpha value is -3.07. The number of hydrogen-bond donors (Lipinski definition) is 0. The average Bonchev–Trinajstić information content (AvgIpc) is 3.18. The molecule has 0 aliphatic carbocycles. The number of fused-ring (bicyclic) bond motifs is 1. The van der Waals surface area contributed by atoms with Crippen LogP contribution in [0.15, 0.2) is 24.3 Å². The molecule has 0 atom stereocenters. The summed E-state index contributed by atoms with van der Waals surface area (Å²) in [4.78, 5) is 38.9. The zero-order valence-corrected chi connectivity index (χ0v) is 15.6. The summed E-state index contributed by atoms with van der Waals surface area (Å²) in [6, 6.07) is 5.26. The molecule has 1 fully saturated rings. The van der Waals surface area contributed by atoms with E-state index in [4.69, 9.17) is 18.9 Å². The van der Waals surface area contributed by atoms with E-state index < -0.39 is 18.5 Å². The molecule has 0 N–H and O–H groups in total. The first-order valence-electron chi connectivity index (χ1n) is 8.87. The summed E-state index contributed by atoms with van der Waals surface area (Å²) in [5.41, 5.74) is 0.737. The monoisotopic (exact) mass is 390 g/mol. The highest BCUT2D eigenvalue weighted by Crippen LogP contribution is 2.32. The van der Waals surface area contributed by atoms with Crippen molar-refractivity contribution in [3.63, 3.8) is 0 Å². The second-order valence-electron chi connectivity index (χ2n) is 6.30. The van der Waals surface area contributed by atoms with Crippen molar-refractivity contribution in [2.75, 3.05) is 53.3 Å². The van der Waals surface area contributed by atoms with Gasteiger partial charge in [0, 0.05) is 26.2 Å². The van der Waals surface area contributed by atoms with Crippen molar-refractivity contribution in [1.29, 1.82) is 0 Å². The molecule has 2 aliphatic heterocycles. The van der Waals surface area contributed by atoms with Crippen LogP contribution in [-0.4, -0.2) is 80.9 Å². The Morgan fingerprint density at radius 1 is 1.18 bits per heavy atom. The molecule has 3 rings (SSSR count). The van der Waals surface area contributed by atoms with Crippen LogP contribution in [0.1, 0.15) is 5.56 Å². The lowest BCUT2D eigenvalue weighted by atomic mass is 10.2. The van der Waals surface area contributed by atoms with Crippen LogP contribution in [0.5, 0.6) is 11.5 Å². The Morgan fingerprint density at radius 3 is 2.71 bits per heavy atom. The van der Waals surface area contributed by atoms with Crippen LogP contribution in [0.2, 0.25) is 0 Å². The van der Waals surface area contributed by atoms with Crippen LogP contribution in [0, 0.1) is 0 Å². The van der Waals surface area contributed by atoms with Crippen LogP contribution >= 0.6 is 0 Å². The zero-order valence-electron chi connectivity index (χ0n) is 15.6. The Kier molecular flexibility index (Phi) is 6.49. The maximum absolute atomic E-state index is 12.1. The number of carbonyl (C=O) groups is 3. The van der Waals surface area contributed by atoms with E-state index in [1.54, 1.807) is 29.2 Å². The molecule has 0 spiro atoms. The number of rotatable bonds is 6. The molecule has 1 aromatic rings. The maximum atomic E-state index is 12.1. The van der Waals surface area contributed by atoms with Gasteiger partial charge >= 0.3 is 5.97 Å². The van der Waals surface area contributed by atoms with E-state index in [0.29, 0.717) is 37.8 Å². The first-order valence-corrected chi connectivity index (χ1v) is 8.87. The SMILES string of the molecule is CN(CC(=O)N1CCOCC1)C(=O)COC(=O)/C=C/c1ccc2c(c1)OCO2. The van der Waals surface area contributed by atoms with Crippen LogP contribution in [0.4, 0.5) is 0 Å². The largest absolute Gasteiger partial charge is 0.454 e. The van der Waals surface area contributed by atoms with Gasteiger partial charge in [-0.3, -0.25) is 9.59 Å². The normalized spacial score (nSPS) is 15.5. The van der Waals surface area contributed by atoms with E-state index in [2.05, 4.69) is 0 Å². The van der Waals surface area contributed by atoms with Crippen molar-refractivity contribution >= 4 is 23.9 Å². The Bertz CT molecular complexity index is 772. The molecule has 0 radical (unpaired) electrons. The minimum absolute atomic E-state index is 0.0661. The molecule has 9 heteroatoms. The lowest BCUT2D eigenvalue weighted by molar-refractivity contribution is -0.149. The fraction of sp³-hybridized carbons (Fsp3) is 0.421. The number of benzene rings is 1. The van der Waals surface area contributed by atoms with E-state index in [0.717, 1.165) is 5.56 Å². The summed E-state index contributed by atoms with van der Waals surface area (Å²) < 4.78 is 20.6. The van der Waals surface area contributed by atoms with Crippen molar-refractivity contribution in [1.82, 2.24) is 9.80 Å². The molecule has 0 saturated carbocycles. The smallest absolute Gasteiger partial charge is 0.331 e. The molecule has 9 nitrogen and oxygen atoms in total. The van der Waals surface area contributed by atoms with Gasteiger partial charge in [0.25, 0.3) is 5.91 Å². The highest BCUT2D eigenvalue weighted by molar-refractivity contribution is 5.90. The first kappa shape index (κ1) is 19.7. The second-order valence-corrected chi connectivity index (χ2v) is 6.30. The fourth-order valence-electron chi connectivity index (χ4n) is 2.68. The van der Waals surface area contributed by atoms with Crippen LogP contribution in [0.25, 0.3) is 6.08 Å². The molecule has 2 amide bonds. The van der Waals surface area contributed by atoms with Gasteiger partial charge in [0.1, 0.15) is 0 Å². The van der Waals surface area contributed by atoms with Gasteiger partial charge in [-0.25, -0.2) is 4.79 Å². The molecule has 2 aliphatic rings. The molecule has 1 saturated heterocycles. The maximum Gasteiger partial charge on any atom is 0.331 e. The molecular formula is C19H22N2O7. The predicted octanol–water partition coefficient (Wildman–Crippen LogP) is 0.289. The van der Waals surface area contributed by atoms with Gasteiger partial charge in [-0.15, -0.1) is 0 Å². The summed E-state index contributed by atoms with van der Waals surface area (Å²) in [7, 11) is 1.50. The third-order valence-corrected chi connectivity index (χ3v) is 4.31. The van der Waals surface area contributed by atoms with Crippen molar-refractivity contribution < 1.29 is 33.3 Å². The second kappa shape index (κ2) is 9.23. The Labute approximate surface area is 162 Å². The van der Waals surface area contributed by atoms with E-state index in [-0.39, 0.29) is 19.2 Å². The quantitative estimate of drug-likeness (QED) is 0.509. The minimum Gasteiger partial charge on any atom is -0.454 e. The van der Waals surface area contributed by atoms with E-state index in [1.165, 1.54) is 18.0 Å². The van der Waals surface area contributed by atoms with Gasteiger partial charge in [0.05, 0.1) is 19.8 Å². The van der Waals surface area contributed by atoms with Gasteiger partial charge < -0.3 is 28.7 Å². The summed E-state index contributed by atoms with van der Waals surface area (Å²) in [6.07, 6.45) is 2.78. The van der Waals surface area contributed by atoms with Crippen molar-refractivity contribution in [2.24, 2.45) is 0 Å². The number of esters is 1. The summed E-state index contributed by atoms with van der Waals surface area (Å²) in [5.74, 6) is -0.00390. The molecule has 150 valence electrons. The number of hydrogen-bond acceptors (Lipinski definition) is 7. The van der Waals surface area contributed by atoms with E-state index in [9.17, 15) is 14.4 Å². The topological polar surface area (TPSA) is 94.6 Å². The lowest BCUT2D eigenvalue weighted by Crippen LogP contribution is -2.46. The molecule has 0 aromatic heterocycles. The third-order valence-electron chi connectivity index (χ3n) is 4.31. The fourth-order valence-corrected chi connectivity index (χ4v) is 2.68. The van der Waals surface area contributed by atoms with Crippen molar-refractivity contribution in [3.8, 4) is 11.5 Å². The Balaban J connectivity index is 1.41. The summed E-state index contributed by atoms with van der Waals surface area (Å²) >= 11 is 0. The molecule has 0 bridgehead atoms. The number of nitrogens with zero attached hydrogens (tertiary/aromatic N) is 2. The number of morpholine rings is 1. The van der Waals surface area contributed by atoms with Gasteiger partial charge in [-0.2, -0.15) is 0 Å². The number of likely N-dealkylation sites (N-methyl/N-ethyl adjacent to an activating group) is 1. The minimum atomic E-state index is -0.654. The van der Waals surface area contributed by atoms with Gasteiger partial charge in [0.2, 0.25) is 12.7 Å². The number of carbonyl (C=O) groups excluding carboxylic acids is 3.